The fraction of sp³-hybridized carbons (Fsp3) is 0.273. The number of hydrogen-bond donors (Lipinski definition) is 1. The van der Waals surface area contributed by atoms with Crippen LogP contribution in [0, 0.1) is 6.92 Å². The van der Waals surface area contributed by atoms with E-state index in [9.17, 15) is 19.2 Å². The summed E-state index contributed by atoms with van der Waals surface area (Å²) in [6, 6.07) is 11.3. The third kappa shape index (κ3) is 4.48. The van der Waals surface area contributed by atoms with Crippen molar-refractivity contribution >= 4 is 35.1 Å². The highest BCUT2D eigenvalue weighted by atomic mass is 16.5. The Balaban J connectivity index is 1.69. The van der Waals surface area contributed by atoms with Crippen molar-refractivity contribution in [2.45, 2.75) is 32.8 Å². The van der Waals surface area contributed by atoms with Crippen LogP contribution in [0.5, 0.6) is 5.75 Å². The van der Waals surface area contributed by atoms with E-state index in [-0.39, 0.29) is 30.2 Å². The number of nitrogens with one attached hydrogen (secondary N) is 1. The van der Waals surface area contributed by atoms with E-state index in [4.69, 9.17) is 9.47 Å². The van der Waals surface area contributed by atoms with Crippen LogP contribution in [0.4, 0.5) is 11.4 Å². The molecule has 8 nitrogen and oxygen atoms in total. The topological polar surface area (TPSA) is 102 Å². The highest BCUT2D eigenvalue weighted by Crippen LogP contribution is 2.26. The predicted molar refractivity (Wildman–Crippen MR) is 109 cm³/mol. The minimum atomic E-state index is -1.08. The van der Waals surface area contributed by atoms with E-state index in [1.807, 2.05) is 13.0 Å². The van der Waals surface area contributed by atoms with Gasteiger partial charge < -0.3 is 14.8 Å². The minimum Gasteiger partial charge on any atom is -0.495 e. The van der Waals surface area contributed by atoms with E-state index < -0.39 is 18.0 Å². The Kier molecular flexibility index (Phi) is 6.15. The lowest BCUT2D eigenvalue weighted by Gasteiger charge is -2.17. The van der Waals surface area contributed by atoms with Gasteiger partial charge in [-0.15, -0.1) is 0 Å². The van der Waals surface area contributed by atoms with Crippen molar-refractivity contribution in [3.8, 4) is 5.75 Å². The molecule has 156 valence electrons. The highest BCUT2D eigenvalue weighted by molar-refractivity contribution is 6.20. The molecule has 0 spiro atoms. The van der Waals surface area contributed by atoms with Gasteiger partial charge in [0.15, 0.2) is 6.10 Å². The van der Waals surface area contributed by atoms with Gasteiger partial charge in [0.05, 0.1) is 24.0 Å². The van der Waals surface area contributed by atoms with Crippen LogP contribution in [0.2, 0.25) is 0 Å². The summed E-state index contributed by atoms with van der Waals surface area (Å²) in [6.45, 7) is 3.33. The monoisotopic (exact) mass is 410 g/mol. The summed E-state index contributed by atoms with van der Waals surface area (Å²) in [5.74, 6) is -1.40. The van der Waals surface area contributed by atoms with E-state index in [2.05, 4.69) is 5.32 Å². The van der Waals surface area contributed by atoms with E-state index in [0.717, 1.165) is 10.5 Å². The number of anilines is 2. The van der Waals surface area contributed by atoms with Gasteiger partial charge in [-0.2, -0.15) is 0 Å². The van der Waals surface area contributed by atoms with Gasteiger partial charge in [0.1, 0.15) is 5.75 Å². The summed E-state index contributed by atoms with van der Waals surface area (Å²) in [5.41, 5.74) is 1.84. The Bertz CT molecular complexity index is 1000. The number of aryl methyl sites for hydroxylation is 1. The van der Waals surface area contributed by atoms with Crippen molar-refractivity contribution < 1.29 is 28.7 Å². The van der Waals surface area contributed by atoms with Crippen molar-refractivity contribution in [2.24, 2.45) is 0 Å². The molecular formula is C22H22N2O6. The third-order valence-corrected chi connectivity index (χ3v) is 4.66. The van der Waals surface area contributed by atoms with Crippen LogP contribution in [-0.4, -0.2) is 36.9 Å². The summed E-state index contributed by atoms with van der Waals surface area (Å²) < 4.78 is 10.5. The van der Waals surface area contributed by atoms with Crippen LogP contribution in [0.15, 0.2) is 42.5 Å². The Hall–Kier alpha value is -3.68. The van der Waals surface area contributed by atoms with Crippen molar-refractivity contribution in [1.82, 2.24) is 0 Å². The molecule has 0 bridgehead atoms. The molecular weight excluding hydrogens is 388 g/mol. The van der Waals surface area contributed by atoms with Gasteiger partial charge in [-0.05, 0) is 49.7 Å². The molecule has 30 heavy (non-hydrogen) atoms. The third-order valence-electron chi connectivity index (χ3n) is 4.66. The lowest BCUT2D eigenvalue weighted by molar-refractivity contribution is -0.124. The van der Waals surface area contributed by atoms with Gasteiger partial charge >= 0.3 is 5.97 Å². The molecule has 1 fully saturated rings. The van der Waals surface area contributed by atoms with E-state index in [0.29, 0.717) is 17.1 Å². The molecule has 1 saturated heterocycles. The summed E-state index contributed by atoms with van der Waals surface area (Å²) in [6.07, 6.45) is -0.790. The molecule has 1 heterocycles. The Morgan fingerprint density at radius 3 is 2.43 bits per heavy atom. The van der Waals surface area contributed by atoms with E-state index in [1.165, 1.54) is 26.2 Å². The Morgan fingerprint density at radius 2 is 1.77 bits per heavy atom. The SMILES string of the molecule is COc1ccc(C)cc1NC(=O)[C@@H](C)OC(=O)c1cccc(N2C(=O)CCC2=O)c1. The number of amides is 3. The largest absolute Gasteiger partial charge is 0.495 e. The first-order chi connectivity index (χ1) is 14.3. The van der Waals surface area contributed by atoms with Crippen LogP contribution < -0.4 is 15.0 Å². The zero-order chi connectivity index (χ0) is 21.8. The first-order valence-electron chi connectivity index (χ1n) is 9.42. The number of ether oxygens (including phenoxy) is 2. The molecule has 2 aromatic rings. The number of esters is 1. The maximum atomic E-state index is 12.5. The molecule has 1 aliphatic heterocycles. The molecule has 3 rings (SSSR count). The second kappa shape index (κ2) is 8.77. The zero-order valence-corrected chi connectivity index (χ0v) is 16.9. The van der Waals surface area contributed by atoms with Crippen molar-refractivity contribution in [1.29, 1.82) is 0 Å². The van der Waals surface area contributed by atoms with Crippen LogP contribution in [0.25, 0.3) is 0 Å². The van der Waals surface area contributed by atoms with Gasteiger partial charge in [-0.25, -0.2) is 4.79 Å². The number of benzene rings is 2. The van der Waals surface area contributed by atoms with Crippen LogP contribution >= 0.6 is 0 Å². The highest BCUT2D eigenvalue weighted by Gasteiger charge is 2.31. The Morgan fingerprint density at radius 1 is 1.07 bits per heavy atom. The van der Waals surface area contributed by atoms with Gasteiger partial charge in [-0.3, -0.25) is 19.3 Å². The quantitative estimate of drug-likeness (QED) is 0.580. The number of hydrogen-bond acceptors (Lipinski definition) is 6. The molecule has 1 aliphatic rings. The van der Waals surface area contributed by atoms with E-state index in [1.54, 1.807) is 24.3 Å². The van der Waals surface area contributed by atoms with Gasteiger partial charge in [-0.1, -0.05) is 12.1 Å². The second-order valence-electron chi connectivity index (χ2n) is 6.91. The first-order valence-corrected chi connectivity index (χ1v) is 9.42. The number of imide groups is 1. The van der Waals surface area contributed by atoms with E-state index >= 15 is 0 Å². The minimum absolute atomic E-state index is 0.132. The summed E-state index contributed by atoms with van der Waals surface area (Å²) >= 11 is 0. The van der Waals surface area contributed by atoms with Crippen molar-refractivity contribution in [3.63, 3.8) is 0 Å². The summed E-state index contributed by atoms with van der Waals surface area (Å²) in [4.78, 5) is 49.9. The molecule has 8 heteroatoms. The molecule has 0 radical (unpaired) electrons. The lowest BCUT2D eigenvalue weighted by Crippen LogP contribution is -2.30. The molecule has 0 unspecified atom stereocenters. The fourth-order valence-electron chi connectivity index (χ4n) is 3.07. The van der Waals surface area contributed by atoms with Crippen LogP contribution in [-0.2, 0) is 19.1 Å². The summed E-state index contributed by atoms with van der Waals surface area (Å²) in [5, 5.41) is 2.69. The van der Waals surface area contributed by atoms with Crippen molar-refractivity contribution in [3.05, 3.63) is 53.6 Å². The lowest BCUT2D eigenvalue weighted by atomic mass is 10.2. The smallest absolute Gasteiger partial charge is 0.338 e. The first kappa shape index (κ1) is 21.0. The normalized spacial score (nSPS) is 14.4. The fourth-order valence-corrected chi connectivity index (χ4v) is 3.07. The van der Waals surface area contributed by atoms with Crippen LogP contribution in [0.3, 0.4) is 0 Å². The molecule has 2 aromatic carbocycles. The maximum Gasteiger partial charge on any atom is 0.338 e. The summed E-state index contributed by atoms with van der Waals surface area (Å²) in [7, 11) is 1.49. The van der Waals surface area contributed by atoms with Gasteiger partial charge in [0, 0.05) is 12.8 Å². The molecule has 1 N–H and O–H groups in total. The van der Waals surface area contributed by atoms with Crippen molar-refractivity contribution in [2.75, 3.05) is 17.3 Å². The Labute approximate surface area is 173 Å². The average molecular weight is 410 g/mol. The number of nitrogens with zero attached hydrogens (tertiary/aromatic N) is 1. The number of rotatable bonds is 6. The number of carbonyl (C=O) groups excluding carboxylic acids is 4. The predicted octanol–water partition coefficient (Wildman–Crippen LogP) is 2.84. The maximum absolute atomic E-state index is 12.5. The number of carbonyl (C=O) groups is 4. The van der Waals surface area contributed by atoms with Gasteiger partial charge in [0.2, 0.25) is 11.8 Å². The number of methoxy groups -OCH3 is 1. The molecule has 3 amide bonds. The average Bonchev–Trinajstić information content (AvgIpc) is 3.06. The molecule has 0 aliphatic carbocycles. The van der Waals surface area contributed by atoms with Crippen LogP contribution in [0.1, 0.15) is 35.7 Å². The second-order valence-corrected chi connectivity index (χ2v) is 6.91. The molecule has 1 atom stereocenters. The molecule has 0 saturated carbocycles. The van der Waals surface area contributed by atoms with Gasteiger partial charge in [0.25, 0.3) is 5.91 Å². The standard InChI is InChI=1S/C22H22N2O6/c1-13-7-8-18(29-3)17(11-13)23-21(27)14(2)30-22(28)15-5-4-6-16(12-15)24-19(25)9-10-20(24)26/h4-8,11-12,14H,9-10H2,1-3H3,(H,23,27)/t14-/m1/s1. The zero-order valence-electron chi connectivity index (χ0n) is 16.9. The molecule has 0 aromatic heterocycles.